The third kappa shape index (κ3) is 3.34. The molecule has 0 aliphatic carbocycles. The first kappa shape index (κ1) is 18.7. The Hall–Kier alpha value is -1.64. The van der Waals surface area contributed by atoms with Gasteiger partial charge in [0, 0.05) is 18.9 Å². The number of fused-ring (bicyclic) bond motifs is 1. The van der Waals surface area contributed by atoms with Crippen LogP contribution < -0.4 is 15.5 Å². The highest BCUT2D eigenvalue weighted by Crippen LogP contribution is 2.38. The Bertz CT molecular complexity index is 866. The van der Waals surface area contributed by atoms with Crippen molar-refractivity contribution in [3.63, 3.8) is 0 Å². The minimum Gasteiger partial charge on any atom is -0.489 e. The topological polar surface area (TPSA) is 69.7 Å². The summed E-state index contributed by atoms with van der Waals surface area (Å²) in [6, 6.07) is 4.00. The Morgan fingerprint density at radius 2 is 2.00 bits per heavy atom. The normalized spacial score (nSPS) is 25.0. The summed E-state index contributed by atoms with van der Waals surface area (Å²) in [4.78, 5) is 16.0. The second-order valence-corrected chi connectivity index (χ2v) is 9.25. The Morgan fingerprint density at radius 1 is 1.30 bits per heavy atom. The lowest BCUT2D eigenvalue weighted by molar-refractivity contribution is -0.119. The number of hydrogen-bond donors (Lipinski definition) is 1. The molecule has 144 valence electrons. The van der Waals surface area contributed by atoms with Gasteiger partial charge in [0.15, 0.2) is 0 Å². The highest BCUT2D eigenvalue weighted by Gasteiger charge is 2.52. The quantitative estimate of drug-likeness (QED) is 0.816. The molecule has 2 saturated heterocycles. The minimum absolute atomic E-state index is 0.0807. The number of nitrogens with one attached hydrogen (secondary N) is 1. The van der Waals surface area contributed by atoms with Crippen molar-refractivity contribution in [2.45, 2.75) is 58.3 Å². The van der Waals surface area contributed by atoms with Gasteiger partial charge in [-0.3, -0.25) is 4.79 Å². The summed E-state index contributed by atoms with van der Waals surface area (Å²) in [5.74, 6) is 1.02. The molecule has 4 rings (SSSR count). The van der Waals surface area contributed by atoms with Crippen LogP contribution in [0.25, 0.3) is 10.2 Å². The zero-order chi connectivity index (χ0) is 19.4. The molecule has 27 heavy (non-hydrogen) atoms. The fourth-order valence-electron chi connectivity index (χ4n) is 3.42. The summed E-state index contributed by atoms with van der Waals surface area (Å²) in [6.45, 7) is 10.8. The third-order valence-corrected chi connectivity index (χ3v) is 6.79. The molecule has 2 fully saturated rings. The molecule has 0 spiro atoms. The van der Waals surface area contributed by atoms with Gasteiger partial charge in [-0.1, -0.05) is 0 Å². The van der Waals surface area contributed by atoms with Crippen LogP contribution in [0.15, 0.2) is 17.6 Å². The van der Waals surface area contributed by atoms with E-state index in [2.05, 4.69) is 10.3 Å². The van der Waals surface area contributed by atoms with Crippen LogP contribution in [-0.2, 0) is 14.1 Å². The highest BCUT2D eigenvalue weighted by molar-refractivity contribution is 7.17. The highest BCUT2D eigenvalue weighted by atomic mass is 32.1. The van der Waals surface area contributed by atoms with E-state index in [9.17, 15) is 4.79 Å². The van der Waals surface area contributed by atoms with Gasteiger partial charge >= 0.3 is 7.12 Å². The van der Waals surface area contributed by atoms with E-state index in [1.807, 2.05) is 52.3 Å². The van der Waals surface area contributed by atoms with E-state index in [1.54, 1.807) is 11.3 Å². The van der Waals surface area contributed by atoms with Gasteiger partial charge in [-0.25, -0.2) is 4.98 Å². The summed E-state index contributed by atoms with van der Waals surface area (Å²) in [5.41, 5.74) is 2.78. The first-order valence-electron chi connectivity index (χ1n) is 9.32. The van der Waals surface area contributed by atoms with Gasteiger partial charge in [-0.2, -0.15) is 0 Å². The molecule has 1 unspecified atom stereocenters. The number of carbonyl (C=O) groups is 1. The molecule has 1 aromatic heterocycles. The van der Waals surface area contributed by atoms with Gasteiger partial charge in [0.2, 0.25) is 5.91 Å². The number of thiazole rings is 1. The van der Waals surface area contributed by atoms with Crippen LogP contribution in [0.2, 0.25) is 0 Å². The molecular weight excluding hydrogens is 363 g/mol. The molecule has 0 radical (unpaired) electrons. The van der Waals surface area contributed by atoms with Crippen LogP contribution in [0.1, 0.15) is 41.0 Å². The van der Waals surface area contributed by atoms with E-state index >= 15 is 0 Å². The number of nitrogens with zero attached hydrogens (tertiary/aromatic N) is 1. The number of ether oxygens (including phenoxy) is 1. The van der Waals surface area contributed by atoms with E-state index in [4.69, 9.17) is 14.0 Å². The van der Waals surface area contributed by atoms with Gasteiger partial charge in [0.05, 0.1) is 26.9 Å². The predicted molar refractivity (Wildman–Crippen MR) is 107 cm³/mol. The number of carbonyl (C=O) groups excluding carboxylic acids is 1. The lowest BCUT2D eigenvalue weighted by Gasteiger charge is -2.32. The number of amides is 1. The van der Waals surface area contributed by atoms with Gasteiger partial charge in [0.25, 0.3) is 0 Å². The molecule has 1 N–H and O–H groups in total. The average molecular weight is 388 g/mol. The van der Waals surface area contributed by atoms with Crippen LogP contribution >= 0.6 is 11.3 Å². The van der Waals surface area contributed by atoms with E-state index in [0.717, 1.165) is 21.4 Å². The third-order valence-electron chi connectivity index (χ3n) is 5.93. The van der Waals surface area contributed by atoms with Crippen molar-refractivity contribution >= 4 is 40.0 Å². The Balaban J connectivity index is 1.63. The number of benzene rings is 1. The fraction of sp³-hybridized carbons (Fsp3) is 0.579. The standard InChI is InChI=1S/C19H25BN2O4S/c1-11(12-6-16(23)21-9-12)24-15-8-13(7-14-17(15)27-10-22-14)20-25-18(2,3)19(4,5)26-20/h7-8,10-12H,6,9H2,1-5H3,(H,21,23)/t11-,12?/m1/s1. The summed E-state index contributed by atoms with van der Waals surface area (Å²) >= 11 is 1.55. The summed E-state index contributed by atoms with van der Waals surface area (Å²) in [7, 11) is -0.464. The van der Waals surface area contributed by atoms with Gasteiger partial charge in [-0.05, 0) is 52.2 Å². The molecule has 8 heteroatoms. The molecule has 2 aromatic rings. The molecule has 3 heterocycles. The van der Waals surface area contributed by atoms with Crippen molar-refractivity contribution < 1.29 is 18.8 Å². The lowest BCUT2D eigenvalue weighted by atomic mass is 9.79. The molecule has 6 nitrogen and oxygen atoms in total. The maximum Gasteiger partial charge on any atom is 0.495 e. The average Bonchev–Trinajstić information content (AvgIpc) is 3.26. The van der Waals surface area contributed by atoms with Gasteiger partial charge in [-0.15, -0.1) is 11.3 Å². The monoisotopic (exact) mass is 388 g/mol. The van der Waals surface area contributed by atoms with Gasteiger partial charge < -0.3 is 19.4 Å². The molecule has 0 saturated carbocycles. The van der Waals surface area contributed by atoms with E-state index in [0.29, 0.717) is 13.0 Å². The number of rotatable bonds is 4. The fourth-order valence-corrected chi connectivity index (χ4v) is 4.14. The molecule has 1 amide bonds. The summed E-state index contributed by atoms with van der Waals surface area (Å²) in [5, 5.41) is 2.87. The second kappa shape index (κ2) is 6.46. The Kier molecular flexibility index (Phi) is 4.48. The van der Waals surface area contributed by atoms with Crippen molar-refractivity contribution in [1.29, 1.82) is 0 Å². The van der Waals surface area contributed by atoms with Crippen molar-refractivity contribution in [3.8, 4) is 5.75 Å². The van der Waals surface area contributed by atoms with Crippen molar-refractivity contribution in [1.82, 2.24) is 10.3 Å². The van der Waals surface area contributed by atoms with E-state index in [1.165, 1.54) is 0 Å². The molecule has 0 bridgehead atoms. The second-order valence-electron chi connectivity index (χ2n) is 8.40. The van der Waals surface area contributed by atoms with Crippen molar-refractivity contribution in [2.24, 2.45) is 5.92 Å². The molecule has 2 atom stereocenters. The molecular formula is C19H25BN2O4S. The predicted octanol–water partition coefficient (Wildman–Crippen LogP) is 2.50. The maximum absolute atomic E-state index is 11.5. The number of hydrogen-bond acceptors (Lipinski definition) is 6. The number of aromatic nitrogens is 1. The van der Waals surface area contributed by atoms with Crippen LogP contribution in [0.4, 0.5) is 0 Å². The molecule has 1 aromatic carbocycles. The maximum atomic E-state index is 11.5. The first-order valence-corrected chi connectivity index (χ1v) is 10.2. The first-order chi connectivity index (χ1) is 12.7. The van der Waals surface area contributed by atoms with E-state index < -0.39 is 18.3 Å². The zero-order valence-electron chi connectivity index (χ0n) is 16.4. The van der Waals surface area contributed by atoms with Crippen LogP contribution in [-0.4, -0.2) is 41.9 Å². The SMILES string of the molecule is C[C@@H](Oc1cc(B2OC(C)(C)C(C)(C)O2)cc2ncsc12)C1CNC(=O)C1. The van der Waals surface area contributed by atoms with Crippen LogP contribution in [0.5, 0.6) is 5.75 Å². The van der Waals surface area contributed by atoms with Gasteiger partial charge in [0.1, 0.15) is 11.9 Å². The van der Waals surface area contributed by atoms with Crippen molar-refractivity contribution in [2.75, 3.05) is 6.54 Å². The zero-order valence-corrected chi connectivity index (χ0v) is 17.2. The summed E-state index contributed by atoms with van der Waals surface area (Å²) < 4.78 is 19.7. The molecule has 2 aliphatic heterocycles. The smallest absolute Gasteiger partial charge is 0.489 e. The lowest BCUT2D eigenvalue weighted by Crippen LogP contribution is -2.41. The summed E-state index contributed by atoms with van der Waals surface area (Å²) in [6.07, 6.45) is 0.423. The van der Waals surface area contributed by atoms with Crippen molar-refractivity contribution in [3.05, 3.63) is 17.6 Å². The largest absolute Gasteiger partial charge is 0.495 e. The Labute approximate surface area is 163 Å². The van der Waals surface area contributed by atoms with Crippen LogP contribution in [0.3, 0.4) is 0 Å². The van der Waals surface area contributed by atoms with E-state index in [-0.39, 0.29) is 17.9 Å². The molecule has 2 aliphatic rings. The Morgan fingerprint density at radius 3 is 2.63 bits per heavy atom. The van der Waals surface area contributed by atoms with Crippen LogP contribution in [0, 0.1) is 5.92 Å². The minimum atomic E-state index is -0.464.